The van der Waals surface area contributed by atoms with Crippen LogP contribution in [0.1, 0.15) is 5.82 Å². The summed E-state index contributed by atoms with van der Waals surface area (Å²) in [7, 11) is -1.78. The smallest absolute Gasteiger partial charge is 0.242 e. The molecule has 114 valence electrons. The average Bonchev–Trinajstić information content (AvgIpc) is 2.73. The Bertz CT molecular complexity index is 735. The predicted octanol–water partition coefficient (Wildman–Crippen LogP) is 2.05. The molecule has 0 saturated heterocycles. The number of imidazole rings is 1. The third-order valence-electron chi connectivity index (χ3n) is 2.85. The van der Waals surface area contributed by atoms with Gasteiger partial charge in [-0.25, -0.2) is 18.1 Å². The number of hydrogen-bond acceptors (Lipinski definition) is 4. The quantitative estimate of drug-likeness (QED) is 0.700. The van der Waals surface area contributed by atoms with Crippen LogP contribution >= 0.6 is 31.9 Å². The standard InChI is InChI=1S/C12H14Br2N4O2S/c1-18-5-4-16-11(18)2-3-17-21(19,20)12-9(13)6-8(15)7-10(12)14/h4-7,17H,2-3,15H2,1H3. The van der Waals surface area contributed by atoms with Crippen LogP contribution in [0.4, 0.5) is 5.69 Å². The lowest BCUT2D eigenvalue weighted by Crippen LogP contribution is -2.27. The van der Waals surface area contributed by atoms with Gasteiger partial charge in [-0.1, -0.05) is 0 Å². The molecule has 0 aliphatic heterocycles. The number of hydrogen-bond donors (Lipinski definition) is 2. The van der Waals surface area contributed by atoms with Gasteiger partial charge in [-0.2, -0.15) is 0 Å². The summed E-state index contributed by atoms with van der Waals surface area (Å²) in [5, 5.41) is 0. The summed E-state index contributed by atoms with van der Waals surface area (Å²) in [5.74, 6) is 0.813. The predicted molar refractivity (Wildman–Crippen MR) is 88.4 cm³/mol. The van der Waals surface area contributed by atoms with Crippen molar-refractivity contribution in [3.05, 3.63) is 39.3 Å². The number of benzene rings is 1. The Hall–Kier alpha value is -0.900. The fraction of sp³-hybridized carbons (Fsp3) is 0.250. The van der Waals surface area contributed by atoms with Gasteiger partial charge in [0.05, 0.1) is 0 Å². The first-order valence-corrected chi connectivity index (χ1v) is 9.08. The minimum absolute atomic E-state index is 0.136. The Morgan fingerprint density at radius 1 is 1.33 bits per heavy atom. The summed E-state index contributed by atoms with van der Waals surface area (Å²) in [5.41, 5.74) is 6.14. The summed E-state index contributed by atoms with van der Waals surface area (Å²) < 4.78 is 30.0. The molecule has 1 aromatic carbocycles. The lowest BCUT2D eigenvalue weighted by atomic mass is 10.3. The number of nitrogens with two attached hydrogens (primary N) is 1. The lowest BCUT2D eigenvalue weighted by molar-refractivity contribution is 0.579. The Morgan fingerprint density at radius 3 is 2.48 bits per heavy atom. The van der Waals surface area contributed by atoms with Crippen molar-refractivity contribution in [2.75, 3.05) is 12.3 Å². The lowest BCUT2D eigenvalue weighted by Gasteiger charge is -2.11. The molecule has 1 heterocycles. The maximum Gasteiger partial charge on any atom is 0.242 e. The largest absolute Gasteiger partial charge is 0.399 e. The van der Waals surface area contributed by atoms with Gasteiger partial charge >= 0.3 is 0 Å². The first-order chi connectivity index (χ1) is 9.81. The second-order valence-corrected chi connectivity index (χ2v) is 7.83. The molecule has 0 amide bonds. The van der Waals surface area contributed by atoms with Gasteiger partial charge in [0.2, 0.25) is 10.0 Å². The molecule has 1 aromatic heterocycles. The molecule has 9 heteroatoms. The molecule has 0 atom stereocenters. The van der Waals surface area contributed by atoms with Crippen molar-refractivity contribution >= 4 is 47.6 Å². The SMILES string of the molecule is Cn1ccnc1CCNS(=O)(=O)c1c(Br)cc(N)cc1Br. The molecular formula is C12H14Br2N4O2S. The summed E-state index contributed by atoms with van der Waals surface area (Å²) >= 11 is 6.46. The van der Waals surface area contributed by atoms with Crippen LogP contribution in [0.5, 0.6) is 0 Å². The monoisotopic (exact) mass is 436 g/mol. The molecule has 0 unspecified atom stereocenters. The molecule has 2 aromatic rings. The molecule has 0 fully saturated rings. The zero-order chi connectivity index (χ0) is 15.6. The van der Waals surface area contributed by atoms with E-state index in [9.17, 15) is 8.42 Å². The molecule has 0 bridgehead atoms. The van der Waals surface area contributed by atoms with Crippen LogP contribution < -0.4 is 10.5 Å². The first-order valence-electron chi connectivity index (χ1n) is 6.01. The molecule has 0 aliphatic carbocycles. The number of aromatic nitrogens is 2. The van der Waals surface area contributed by atoms with Crippen LogP contribution in [-0.4, -0.2) is 24.5 Å². The maximum absolute atomic E-state index is 12.4. The zero-order valence-corrected chi connectivity index (χ0v) is 15.2. The third kappa shape index (κ3) is 3.85. The topological polar surface area (TPSA) is 90.0 Å². The van der Waals surface area contributed by atoms with E-state index in [1.54, 1.807) is 18.3 Å². The van der Waals surface area contributed by atoms with Gasteiger partial charge in [0.15, 0.2) is 0 Å². The zero-order valence-electron chi connectivity index (χ0n) is 11.2. The van der Waals surface area contributed by atoms with Gasteiger partial charge < -0.3 is 10.3 Å². The normalized spacial score (nSPS) is 11.8. The van der Waals surface area contributed by atoms with E-state index in [4.69, 9.17) is 5.73 Å². The highest BCUT2D eigenvalue weighted by molar-refractivity contribution is 9.11. The molecule has 3 N–H and O–H groups in total. The number of nitrogen functional groups attached to an aromatic ring is 1. The van der Waals surface area contributed by atoms with E-state index in [-0.39, 0.29) is 11.4 Å². The average molecular weight is 438 g/mol. The minimum atomic E-state index is -3.64. The first kappa shape index (κ1) is 16.5. The van der Waals surface area contributed by atoms with Crippen LogP contribution in [-0.2, 0) is 23.5 Å². The van der Waals surface area contributed by atoms with Crippen molar-refractivity contribution in [2.45, 2.75) is 11.3 Å². The summed E-state index contributed by atoms with van der Waals surface area (Å²) in [4.78, 5) is 4.28. The van der Waals surface area contributed by atoms with Crippen LogP contribution in [0.15, 0.2) is 38.4 Å². The van der Waals surface area contributed by atoms with Gasteiger partial charge in [-0.05, 0) is 44.0 Å². The highest BCUT2D eigenvalue weighted by atomic mass is 79.9. The highest BCUT2D eigenvalue weighted by Crippen LogP contribution is 2.32. The van der Waals surface area contributed by atoms with Crippen molar-refractivity contribution < 1.29 is 8.42 Å². The van der Waals surface area contributed by atoms with Crippen molar-refractivity contribution in [2.24, 2.45) is 7.05 Å². The molecule has 0 spiro atoms. The molecule has 6 nitrogen and oxygen atoms in total. The minimum Gasteiger partial charge on any atom is -0.399 e. The Kier molecular flexibility index (Phi) is 5.07. The number of anilines is 1. The highest BCUT2D eigenvalue weighted by Gasteiger charge is 2.21. The summed E-state index contributed by atoms with van der Waals surface area (Å²) in [6.07, 6.45) is 4.00. The fourth-order valence-electron chi connectivity index (χ4n) is 1.84. The third-order valence-corrected chi connectivity index (χ3v) is 6.19. The van der Waals surface area contributed by atoms with Gasteiger partial charge in [0, 0.05) is 47.0 Å². The summed E-state index contributed by atoms with van der Waals surface area (Å²) in [6, 6.07) is 3.11. The van der Waals surface area contributed by atoms with Crippen molar-refractivity contribution in [1.29, 1.82) is 0 Å². The molecular weight excluding hydrogens is 424 g/mol. The fourth-order valence-corrected chi connectivity index (χ4v) is 5.49. The van der Waals surface area contributed by atoms with E-state index in [1.807, 2.05) is 17.8 Å². The van der Waals surface area contributed by atoms with E-state index in [0.29, 0.717) is 21.1 Å². The van der Waals surface area contributed by atoms with Crippen LogP contribution in [0.25, 0.3) is 0 Å². The van der Waals surface area contributed by atoms with Crippen molar-refractivity contribution in [3.8, 4) is 0 Å². The van der Waals surface area contributed by atoms with Crippen LogP contribution in [0.2, 0.25) is 0 Å². The Balaban J connectivity index is 2.14. The number of aryl methyl sites for hydroxylation is 1. The molecule has 0 aliphatic rings. The van der Waals surface area contributed by atoms with Crippen molar-refractivity contribution in [1.82, 2.24) is 14.3 Å². The molecule has 0 saturated carbocycles. The Labute approximate surface area is 140 Å². The number of nitrogens with zero attached hydrogens (tertiary/aromatic N) is 2. The van der Waals surface area contributed by atoms with Crippen molar-refractivity contribution in [3.63, 3.8) is 0 Å². The van der Waals surface area contributed by atoms with Crippen LogP contribution in [0.3, 0.4) is 0 Å². The van der Waals surface area contributed by atoms with E-state index < -0.39 is 10.0 Å². The number of halogens is 2. The van der Waals surface area contributed by atoms with Gasteiger partial charge in [-0.3, -0.25) is 0 Å². The second-order valence-electron chi connectivity index (χ2n) is 4.42. The number of rotatable bonds is 5. The number of sulfonamides is 1. The van der Waals surface area contributed by atoms with Gasteiger partial charge in [0.25, 0.3) is 0 Å². The summed E-state index contributed by atoms with van der Waals surface area (Å²) in [6.45, 7) is 0.260. The van der Waals surface area contributed by atoms with Crippen LogP contribution in [0, 0.1) is 0 Å². The molecule has 0 radical (unpaired) electrons. The van der Waals surface area contributed by atoms with E-state index in [2.05, 4.69) is 41.6 Å². The van der Waals surface area contributed by atoms with E-state index >= 15 is 0 Å². The van der Waals surface area contributed by atoms with Gasteiger partial charge in [0.1, 0.15) is 10.7 Å². The van der Waals surface area contributed by atoms with Gasteiger partial charge in [-0.15, -0.1) is 0 Å². The van der Waals surface area contributed by atoms with E-state index in [1.165, 1.54) is 0 Å². The maximum atomic E-state index is 12.4. The Morgan fingerprint density at radius 2 is 1.95 bits per heavy atom. The second kappa shape index (κ2) is 6.47. The number of nitrogens with one attached hydrogen (secondary N) is 1. The molecule has 21 heavy (non-hydrogen) atoms. The molecule has 2 rings (SSSR count). The van der Waals surface area contributed by atoms with E-state index in [0.717, 1.165) is 5.82 Å².